The van der Waals surface area contributed by atoms with E-state index < -0.39 is 0 Å². The minimum atomic E-state index is 0.0241. The number of hydrogen-bond donors (Lipinski definition) is 1. The molecule has 1 heterocycles. The fourth-order valence-corrected chi connectivity index (χ4v) is 2.21. The molecule has 0 aliphatic rings. The van der Waals surface area contributed by atoms with Gasteiger partial charge in [-0.3, -0.25) is 4.79 Å². The molecule has 4 nitrogen and oxygen atoms in total. The number of hydrogen-bond acceptors (Lipinski definition) is 3. The summed E-state index contributed by atoms with van der Waals surface area (Å²) in [6.45, 7) is 8.23. The maximum Gasteiger partial charge on any atom is 0.220 e. The molecule has 1 aromatic carbocycles. The van der Waals surface area contributed by atoms with Crippen LogP contribution in [0.1, 0.15) is 51.5 Å². The van der Waals surface area contributed by atoms with Gasteiger partial charge in [-0.05, 0) is 25.3 Å². The Labute approximate surface area is 131 Å². The van der Waals surface area contributed by atoms with Crippen LogP contribution in [0.5, 0.6) is 0 Å². The lowest BCUT2D eigenvalue weighted by molar-refractivity contribution is -0.121. The highest BCUT2D eigenvalue weighted by Gasteiger charge is 2.10. The van der Waals surface area contributed by atoms with Gasteiger partial charge in [0.25, 0.3) is 0 Å². The van der Waals surface area contributed by atoms with Crippen LogP contribution >= 0.6 is 0 Å². The van der Waals surface area contributed by atoms with Crippen LogP contribution < -0.4 is 5.32 Å². The van der Waals surface area contributed by atoms with Crippen molar-refractivity contribution in [3.8, 4) is 11.3 Å². The first-order valence-corrected chi connectivity index (χ1v) is 7.80. The van der Waals surface area contributed by atoms with E-state index in [0.29, 0.717) is 24.7 Å². The Hall–Kier alpha value is -2.10. The van der Waals surface area contributed by atoms with Gasteiger partial charge in [0, 0.05) is 24.4 Å². The Morgan fingerprint density at radius 3 is 2.45 bits per heavy atom. The van der Waals surface area contributed by atoms with E-state index in [-0.39, 0.29) is 11.9 Å². The molecule has 2 rings (SSSR count). The number of rotatable bonds is 6. The lowest BCUT2D eigenvalue weighted by Crippen LogP contribution is -2.30. The lowest BCUT2D eigenvalue weighted by Gasteiger charge is -2.06. The standard InChI is InChI=1S/C18H24N2O2/c1-12(2)14-5-7-15(8-6-14)16-11-19-18(22-16)10-9-17(21)20-13(3)4/h5-8,11-13H,9-10H2,1-4H3,(H,20,21). The largest absolute Gasteiger partial charge is 0.441 e. The molecule has 2 aromatic rings. The number of nitrogens with one attached hydrogen (secondary N) is 1. The van der Waals surface area contributed by atoms with Crippen molar-refractivity contribution in [1.29, 1.82) is 0 Å². The maximum absolute atomic E-state index is 11.6. The third-order valence-electron chi connectivity index (χ3n) is 3.43. The number of carbonyl (C=O) groups is 1. The Morgan fingerprint density at radius 1 is 1.18 bits per heavy atom. The highest BCUT2D eigenvalue weighted by molar-refractivity contribution is 5.76. The monoisotopic (exact) mass is 300 g/mol. The summed E-state index contributed by atoms with van der Waals surface area (Å²) in [5.41, 5.74) is 2.31. The van der Waals surface area contributed by atoms with Crippen molar-refractivity contribution in [2.24, 2.45) is 0 Å². The molecular formula is C18H24N2O2. The van der Waals surface area contributed by atoms with Crippen LogP contribution in [0, 0.1) is 0 Å². The van der Waals surface area contributed by atoms with E-state index in [4.69, 9.17) is 4.42 Å². The molecule has 1 amide bonds. The highest BCUT2D eigenvalue weighted by Crippen LogP contribution is 2.23. The molecule has 4 heteroatoms. The van der Waals surface area contributed by atoms with Crippen molar-refractivity contribution in [3.05, 3.63) is 41.9 Å². The average molecular weight is 300 g/mol. The second-order valence-electron chi connectivity index (χ2n) is 6.12. The first kappa shape index (κ1) is 16.3. The normalized spacial score (nSPS) is 11.2. The van der Waals surface area contributed by atoms with Crippen LogP contribution in [-0.4, -0.2) is 16.9 Å². The number of carbonyl (C=O) groups excluding carboxylic acids is 1. The first-order valence-electron chi connectivity index (χ1n) is 7.80. The number of aromatic nitrogens is 1. The average Bonchev–Trinajstić information content (AvgIpc) is 2.93. The van der Waals surface area contributed by atoms with E-state index in [0.717, 1.165) is 11.3 Å². The molecule has 0 bridgehead atoms. The van der Waals surface area contributed by atoms with Crippen LogP contribution in [-0.2, 0) is 11.2 Å². The van der Waals surface area contributed by atoms with Crippen molar-refractivity contribution < 1.29 is 9.21 Å². The summed E-state index contributed by atoms with van der Waals surface area (Å²) in [5, 5.41) is 2.86. The summed E-state index contributed by atoms with van der Waals surface area (Å²) in [5.74, 6) is 1.88. The third kappa shape index (κ3) is 4.45. The number of oxazole rings is 1. The molecule has 22 heavy (non-hydrogen) atoms. The second-order valence-corrected chi connectivity index (χ2v) is 6.12. The number of aryl methyl sites for hydroxylation is 1. The van der Waals surface area contributed by atoms with E-state index in [2.05, 4.69) is 36.3 Å². The Balaban J connectivity index is 1.97. The topological polar surface area (TPSA) is 55.1 Å². The molecule has 0 unspecified atom stereocenters. The van der Waals surface area contributed by atoms with Gasteiger partial charge in [-0.2, -0.15) is 0 Å². The van der Waals surface area contributed by atoms with Crippen LogP contribution in [0.2, 0.25) is 0 Å². The molecule has 0 saturated heterocycles. The maximum atomic E-state index is 11.6. The Morgan fingerprint density at radius 2 is 1.86 bits per heavy atom. The quantitative estimate of drug-likeness (QED) is 0.879. The van der Waals surface area contributed by atoms with Gasteiger partial charge in [-0.15, -0.1) is 0 Å². The summed E-state index contributed by atoms with van der Waals surface area (Å²) in [6, 6.07) is 8.47. The van der Waals surface area contributed by atoms with Gasteiger partial charge < -0.3 is 9.73 Å². The highest BCUT2D eigenvalue weighted by atomic mass is 16.4. The molecule has 0 radical (unpaired) electrons. The molecule has 1 aromatic heterocycles. The van der Waals surface area contributed by atoms with Gasteiger partial charge in [-0.25, -0.2) is 4.98 Å². The van der Waals surface area contributed by atoms with Crippen LogP contribution in [0.3, 0.4) is 0 Å². The summed E-state index contributed by atoms with van der Waals surface area (Å²) < 4.78 is 5.73. The van der Waals surface area contributed by atoms with Gasteiger partial charge in [0.15, 0.2) is 11.7 Å². The molecular weight excluding hydrogens is 276 g/mol. The van der Waals surface area contributed by atoms with E-state index >= 15 is 0 Å². The van der Waals surface area contributed by atoms with Crippen molar-refractivity contribution >= 4 is 5.91 Å². The summed E-state index contributed by atoms with van der Waals surface area (Å²) in [7, 11) is 0. The molecule has 118 valence electrons. The zero-order chi connectivity index (χ0) is 16.1. The fourth-order valence-electron chi connectivity index (χ4n) is 2.21. The number of nitrogens with zero attached hydrogens (tertiary/aromatic N) is 1. The molecule has 1 N–H and O–H groups in total. The predicted molar refractivity (Wildman–Crippen MR) is 87.6 cm³/mol. The van der Waals surface area contributed by atoms with Crippen LogP contribution in [0.25, 0.3) is 11.3 Å². The first-order chi connectivity index (χ1) is 10.5. The van der Waals surface area contributed by atoms with Gasteiger partial charge in [0.1, 0.15) is 0 Å². The molecule has 0 spiro atoms. The summed E-state index contributed by atoms with van der Waals surface area (Å²) in [6.07, 6.45) is 2.63. The predicted octanol–water partition coefficient (Wildman–Crippen LogP) is 3.92. The van der Waals surface area contributed by atoms with Gasteiger partial charge in [0.05, 0.1) is 6.20 Å². The molecule has 0 aliphatic heterocycles. The van der Waals surface area contributed by atoms with Gasteiger partial charge in [-0.1, -0.05) is 38.1 Å². The van der Waals surface area contributed by atoms with Gasteiger partial charge >= 0.3 is 0 Å². The summed E-state index contributed by atoms with van der Waals surface area (Å²) in [4.78, 5) is 15.9. The van der Waals surface area contributed by atoms with Crippen LogP contribution in [0.15, 0.2) is 34.9 Å². The van der Waals surface area contributed by atoms with E-state index in [1.807, 2.05) is 26.0 Å². The smallest absolute Gasteiger partial charge is 0.220 e. The van der Waals surface area contributed by atoms with E-state index in [1.165, 1.54) is 5.56 Å². The zero-order valence-corrected chi connectivity index (χ0v) is 13.7. The van der Waals surface area contributed by atoms with Crippen molar-refractivity contribution in [2.45, 2.75) is 52.5 Å². The SMILES string of the molecule is CC(C)NC(=O)CCc1ncc(-c2ccc(C(C)C)cc2)o1. The third-order valence-corrected chi connectivity index (χ3v) is 3.43. The fraction of sp³-hybridized carbons (Fsp3) is 0.444. The molecule has 0 aliphatic carbocycles. The zero-order valence-electron chi connectivity index (χ0n) is 13.7. The second kappa shape index (κ2) is 7.25. The number of amides is 1. The van der Waals surface area contributed by atoms with Crippen LogP contribution in [0.4, 0.5) is 0 Å². The minimum absolute atomic E-state index is 0.0241. The van der Waals surface area contributed by atoms with Crippen molar-refractivity contribution in [3.63, 3.8) is 0 Å². The molecule has 0 fully saturated rings. The lowest BCUT2D eigenvalue weighted by atomic mass is 10.0. The Kier molecular flexibility index (Phi) is 5.36. The van der Waals surface area contributed by atoms with Crippen molar-refractivity contribution in [2.75, 3.05) is 0 Å². The van der Waals surface area contributed by atoms with E-state index in [9.17, 15) is 4.79 Å². The minimum Gasteiger partial charge on any atom is -0.441 e. The summed E-state index contributed by atoms with van der Waals surface area (Å²) >= 11 is 0. The van der Waals surface area contributed by atoms with Gasteiger partial charge in [0.2, 0.25) is 5.91 Å². The number of benzene rings is 1. The molecule has 0 saturated carbocycles. The Bertz CT molecular complexity index is 612. The molecule has 0 atom stereocenters. The van der Waals surface area contributed by atoms with E-state index in [1.54, 1.807) is 6.20 Å². The van der Waals surface area contributed by atoms with Crippen molar-refractivity contribution in [1.82, 2.24) is 10.3 Å².